The summed E-state index contributed by atoms with van der Waals surface area (Å²) in [5, 5.41) is 0. The third-order valence-electron chi connectivity index (χ3n) is 5.50. The van der Waals surface area contributed by atoms with E-state index in [2.05, 4.69) is 4.98 Å². The van der Waals surface area contributed by atoms with E-state index in [4.69, 9.17) is 4.42 Å². The highest BCUT2D eigenvalue weighted by atomic mass is 19.4. The Hall–Kier alpha value is -2.51. The standard InChI is InChI=1S/C20H22F3N3O2/c21-20(22,23)16-5-1-8-24-18(16)25-9-2-4-15(13-25)19(27)26-10-3-6-17-14(12-26)7-11-28-17/h1,5,7-8,11,15H,2-4,6,9-10,12-13H2. The van der Waals surface area contributed by atoms with Gasteiger partial charge in [0, 0.05) is 44.4 Å². The summed E-state index contributed by atoms with van der Waals surface area (Å²) in [4.78, 5) is 20.5. The Morgan fingerprint density at radius 1 is 1.21 bits per heavy atom. The van der Waals surface area contributed by atoms with Gasteiger partial charge in [-0.15, -0.1) is 0 Å². The van der Waals surface area contributed by atoms with E-state index in [1.54, 1.807) is 11.2 Å². The molecule has 1 unspecified atom stereocenters. The number of piperidine rings is 1. The van der Waals surface area contributed by atoms with Gasteiger partial charge in [0.25, 0.3) is 0 Å². The molecule has 8 heteroatoms. The van der Waals surface area contributed by atoms with Gasteiger partial charge in [0.2, 0.25) is 5.91 Å². The summed E-state index contributed by atoms with van der Waals surface area (Å²) in [6.07, 6.45) is 1.50. The quantitative estimate of drug-likeness (QED) is 0.777. The van der Waals surface area contributed by atoms with E-state index in [0.717, 1.165) is 30.2 Å². The Kier molecular flexibility index (Phi) is 5.03. The molecule has 150 valence electrons. The van der Waals surface area contributed by atoms with Gasteiger partial charge in [-0.2, -0.15) is 13.2 Å². The van der Waals surface area contributed by atoms with Crippen molar-refractivity contribution >= 4 is 11.7 Å². The number of nitrogens with zero attached hydrogens (tertiary/aromatic N) is 3. The number of alkyl halides is 3. The van der Waals surface area contributed by atoms with Crippen LogP contribution in [0.5, 0.6) is 0 Å². The topological polar surface area (TPSA) is 49.6 Å². The first-order valence-corrected chi connectivity index (χ1v) is 9.54. The molecule has 0 N–H and O–H groups in total. The molecular formula is C20H22F3N3O2. The molecule has 2 aliphatic heterocycles. The predicted octanol–water partition coefficient (Wildman–Crippen LogP) is 3.88. The molecular weight excluding hydrogens is 371 g/mol. The Balaban J connectivity index is 1.51. The summed E-state index contributed by atoms with van der Waals surface area (Å²) in [6.45, 7) is 1.86. The van der Waals surface area contributed by atoms with Crippen LogP contribution in [0, 0.1) is 5.92 Å². The van der Waals surface area contributed by atoms with Crippen molar-refractivity contribution in [2.24, 2.45) is 5.92 Å². The van der Waals surface area contributed by atoms with Gasteiger partial charge in [-0.25, -0.2) is 4.98 Å². The number of carbonyl (C=O) groups is 1. The highest BCUT2D eigenvalue weighted by Crippen LogP contribution is 2.36. The van der Waals surface area contributed by atoms with Crippen molar-refractivity contribution in [3.63, 3.8) is 0 Å². The van der Waals surface area contributed by atoms with Crippen molar-refractivity contribution in [1.29, 1.82) is 0 Å². The van der Waals surface area contributed by atoms with Gasteiger partial charge < -0.3 is 14.2 Å². The zero-order valence-corrected chi connectivity index (χ0v) is 15.4. The molecule has 5 nitrogen and oxygen atoms in total. The molecule has 0 aliphatic carbocycles. The number of furan rings is 1. The predicted molar refractivity (Wildman–Crippen MR) is 96.6 cm³/mol. The zero-order valence-electron chi connectivity index (χ0n) is 15.4. The average molecular weight is 393 g/mol. The first-order chi connectivity index (χ1) is 13.4. The third kappa shape index (κ3) is 3.72. The van der Waals surface area contributed by atoms with Gasteiger partial charge in [0.1, 0.15) is 11.6 Å². The number of aromatic nitrogens is 1. The van der Waals surface area contributed by atoms with Gasteiger partial charge in [0.15, 0.2) is 0 Å². The van der Waals surface area contributed by atoms with Gasteiger partial charge in [0.05, 0.1) is 17.7 Å². The Bertz CT molecular complexity index is 849. The largest absolute Gasteiger partial charge is 0.469 e. The lowest BCUT2D eigenvalue weighted by molar-refractivity contribution is -0.137. The van der Waals surface area contributed by atoms with Crippen LogP contribution in [0.2, 0.25) is 0 Å². The first kappa shape index (κ1) is 18.8. The highest BCUT2D eigenvalue weighted by molar-refractivity contribution is 5.80. The number of halogens is 3. The molecule has 0 aromatic carbocycles. The first-order valence-electron chi connectivity index (χ1n) is 9.54. The molecule has 0 saturated carbocycles. The molecule has 2 aromatic rings. The molecule has 0 radical (unpaired) electrons. The molecule has 1 saturated heterocycles. The number of fused-ring (bicyclic) bond motifs is 1. The fourth-order valence-electron chi connectivity index (χ4n) is 4.13. The highest BCUT2D eigenvalue weighted by Gasteiger charge is 2.38. The van der Waals surface area contributed by atoms with Crippen LogP contribution in [0.3, 0.4) is 0 Å². The van der Waals surface area contributed by atoms with Crippen molar-refractivity contribution in [3.05, 3.63) is 47.5 Å². The Morgan fingerprint density at radius 3 is 2.89 bits per heavy atom. The van der Waals surface area contributed by atoms with Crippen LogP contribution < -0.4 is 4.90 Å². The maximum Gasteiger partial charge on any atom is 0.419 e. The monoisotopic (exact) mass is 393 g/mol. The van der Waals surface area contributed by atoms with Crippen LogP contribution in [0.4, 0.5) is 19.0 Å². The minimum absolute atomic E-state index is 0.00300. The van der Waals surface area contributed by atoms with Crippen LogP contribution in [0.25, 0.3) is 0 Å². The molecule has 0 bridgehead atoms. The van der Waals surface area contributed by atoms with Crippen LogP contribution in [0.15, 0.2) is 35.1 Å². The summed E-state index contributed by atoms with van der Waals surface area (Å²) >= 11 is 0. The summed E-state index contributed by atoms with van der Waals surface area (Å²) in [5.74, 6) is 0.512. The van der Waals surface area contributed by atoms with E-state index in [-0.39, 0.29) is 24.2 Å². The third-order valence-corrected chi connectivity index (χ3v) is 5.50. The summed E-state index contributed by atoms with van der Waals surface area (Å²) in [6, 6.07) is 4.22. The maximum absolute atomic E-state index is 13.4. The van der Waals surface area contributed by atoms with Crippen molar-refractivity contribution in [3.8, 4) is 0 Å². The molecule has 2 aliphatic rings. The molecule has 1 fully saturated rings. The van der Waals surface area contributed by atoms with Gasteiger partial charge in [-0.05, 0) is 37.5 Å². The van der Waals surface area contributed by atoms with E-state index in [1.165, 1.54) is 12.3 Å². The summed E-state index contributed by atoms with van der Waals surface area (Å²) in [7, 11) is 0. The summed E-state index contributed by atoms with van der Waals surface area (Å²) in [5.41, 5.74) is 0.267. The molecule has 4 heterocycles. The molecule has 1 atom stereocenters. The van der Waals surface area contributed by atoms with Gasteiger partial charge in [-0.3, -0.25) is 4.79 Å². The molecule has 28 heavy (non-hydrogen) atoms. The molecule has 2 aromatic heterocycles. The lowest BCUT2D eigenvalue weighted by Gasteiger charge is -2.36. The Labute approximate surface area is 161 Å². The van der Waals surface area contributed by atoms with Crippen LogP contribution in [0.1, 0.15) is 36.1 Å². The minimum Gasteiger partial charge on any atom is -0.469 e. The second kappa shape index (κ2) is 7.48. The molecule has 0 spiro atoms. The van der Waals surface area contributed by atoms with Crippen molar-refractivity contribution in [2.75, 3.05) is 24.5 Å². The van der Waals surface area contributed by atoms with Crippen LogP contribution >= 0.6 is 0 Å². The number of hydrogen-bond donors (Lipinski definition) is 0. The second-order valence-corrected chi connectivity index (χ2v) is 7.39. The maximum atomic E-state index is 13.4. The lowest BCUT2D eigenvalue weighted by atomic mass is 9.95. The zero-order chi connectivity index (χ0) is 19.7. The van der Waals surface area contributed by atoms with Crippen LogP contribution in [-0.4, -0.2) is 35.4 Å². The number of pyridine rings is 1. The Morgan fingerprint density at radius 2 is 2.07 bits per heavy atom. The van der Waals surface area contributed by atoms with E-state index in [9.17, 15) is 18.0 Å². The van der Waals surface area contributed by atoms with Gasteiger partial charge >= 0.3 is 6.18 Å². The molecule has 1 amide bonds. The number of amides is 1. The second-order valence-electron chi connectivity index (χ2n) is 7.39. The van der Waals surface area contributed by atoms with Crippen molar-refractivity contribution in [1.82, 2.24) is 9.88 Å². The van der Waals surface area contributed by atoms with E-state index >= 15 is 0 Å². The smallest absolute Gasteiger partial charge is 0.419 e. The minimum atomic E-state index is -4.47. The van der Waals surface area contributed by atoms with Gasteiger partial charge in [-0.1, -0.05) is 0 Å². The summed E-state index contributed by atoms with van der Waals surface area (Å²) < 4.78 is 45.5. The number of hydrogen-bond acceptors (Lipinski definition) is 4. The fraction of sp³-hybridized carbons (Fsp3) is 0.500. The lowest BCUT2D eigenvalue weighted by Crippen LogP contribution is -2.45. The van der Waals surface area contributed by atoms with E-state index in [0.29, 0.717) is 32.5 Å². The number of aryl methyl sites for hydroxylation is 1. The van der Waals surface area contributed by atoms with Crippen molar-refractivity contribution in [2.45, 2.75) is 38.4 Å². The fourth-order valence-corrected chi connectivity index (χ4v) is 4.13. The van der Waals surface area contributed by atoms with E-state index < -0.39 is 11.7 Å². The van der Waals surface area contributed by atoms with E-state index in [1.807, 2.05) is 11.0 Å². The molecule has 4 rings (SSSR count). The normalized spacial score (nSPS) is 20.6. The average Bonchev–Trinajstić information content (AvgIpc) is 3.03. The number of anilines is 1. The number of rotatable bonds is 2. The SMILES string of the molecule is O=C(C1CCCN(c2ncccc2C(F)(F)F)C1)N1CCCc2occc2C1. The van der Waals surface area contributed by atoms with Crippen LogP contribution in [-0.2, 0) is 23.9 Å². The number of carbonyl (C=O) groups excluding carboxylic acids is 1. The van der Waals surface area contributed by atoms with Crippen molar-refractivity contribution < 1.29 is 22.4 Å².